The molecule has 0 unspecified atom stereocenters. The third-order valence-corrected chi connectivity index (χ3v) is 3.51. The summed E-state index contributed by atoms with van der Waals surface area (Å²) >= 11 is 12.2. The molecule has 0 aliphatic heterocycles. The van der Waals surface area contributed by atoms with E-state index in [1.54, 1.807) is 0 Å². The molecular formula is C13H14Cl2N2. The second-order valence-electron chi connectivity index (χ2n) is 3.93. The van der Waals surface area contributed by atoms with E-state index < -0.39 is 0 Å². The molecule has 1 heterocycles. The Morgan fingerprint density at radius 3 is 2.71 bits per heavy atom. The van der Waals surface area contributed by atoms with Gasteiger partial charge < -0.3 is 5.32 Å². The molecule has 2 aromatic rings. The van der Waals surface area contributed by atoms with Crippen LogP contribution in [-0.4, -0.2) is 12.0 Å². The van der Waals surface area contributed by atoms with Crippen molar-refractivity contribution >= 4 is 39.9 Å². The van der Waals surface area contributed by atoms with Crippen LogP contribution in [0.1, 0.15) is 18.9 Å². The van der Waals surface area contributed by atoms with Crippen molar-refractivity contribution in [3.8, 4) is 0 Å². The lowest BCUT2D eigenvalue weighted by Crippen LogP contribution is -1.99. The quantitative estimate of drug-likeness (QED) is 0.885. The van der Waals surface area contributed by atoms with E-state index in [4.69, 9.17) is 23.2 Å². The molecule has 0 radical (unpaired) electrons. The van der Waals surface area contributed by atoms with Gasteiger partial charge in [0.25, 0.3) is 0 Å². The Morgan fingerprint density at radius 1 is 1.29 bits per heavy atom. The summed E-state index contributed by atoms with van der Waals surface area (Å²) in [7, 11) is 1.87. The number of aromatic nitrogens is 1. The fraction of sp³-hybridized carbons (Fsp3) is 0.308. The first-order valence-corrected chi connectivity index (χ1v) is 6.38. The fourth-order valence-electron chi connectivity index (χ4n) is 1.90. The summed E-state index contributed by atoms with van der Waals surface area (Å²) in [5.41, 5.74) is 1.96. The number of benzene rings is 1. The van der Waals surface area contributed by atoms with Crippen molar-refractivity contribution < 1.29 is 0 Å². The molecule has 0 aliphatic carbocycles. The minimum absolute atomic E-state index is 0.517. The van der Waals surface area contributed by atoms with E-state index in [2.05, 4.69) is 23.3 Å². The Labute approximate surface area is 111 Å². The van der Waals surface area contributed by atoms with Gasteiger partial charge >= 0.3 is 0 Å². The van der Waals surface area contributed by atoms with E-state index in [1.807, 2.05) is 19.2 Å². The number of aryl methyl sites for hydroxylation is 1. The van der Waals surface area contributed by atoms with E-state index in [9.17, 15) is 0 Å². The molecule has 0 amide bonds. The minimum Gasteiger partial charge on any atom is -0.373 e. The van der Waals surface area contributed by atoms with Gasteiger partial charge in [-0.1, -0.05) is 42.6 Å². The van der Waals surface area contributed by atoms with Crippen molar-refractivity contribution in [1.29, 1.82) is 0 Å². The van der Waals surface area contributed by atoms with E-state index in [-0.39, 0.29) is 0 Å². The highest BCUT2D eigenvalue weighted by molar-refractivity contribution is 6.45. The van der Waals surface area contributed by atoms with Crippen LogP contribution in [0.4, 0.5) is 5.82 Å². The summed E-state index contributed by atoms with van der Waals surface area (Å²) in [6.07, 6.45) is 2.09. The monoisotopic (exact) mass is 268 g/mol. The van der Waals surface area contributed by atoms with Crippen molar-refractivity contribution in [1.82, 2.24) is 4.98 Å². The highest BCUT2D eigenvalue weighted by Crippen LogP contribution is 2.31. The van der Waals surface area contributed by atoms with Gasteiger partial charge in [0, 0.05) is 12.4 Å². The van der Waals surface area contributed by atoms with Gasteiger partial charge in [0.2, 0.25) is 0 Å². The minimum atomic E-state index is 0.517. The van der Waals surface area contributed by atoms with Gasteiger partial charge in [-0.05, 0) is 24.1 Å². The van der Waals surface area contributed by atoms with Crippen LogP contribution in [0.3, 0.4) is 0 Å². The van der Waals surface area contributed by atoms with Crippen molar-refractivity contribution in [2.75, 3.05) is 12.4 Å². The zero-order valence-electron chi connectivity index (χ0n) is 9.85. The Morgan fingerprint density at radius 2 is 2.06 bits per heavy atom. The predicted molar refractivity (Wildman–Crippen MR) is 75.3 cm³/mol. The maximum Gasteiger partial charge on any atom is 0.129 e. The van der Waals surface area contributed by atoms with Gasteiger partial charge in [-0.3, -0.25) is 0 Å². The third-order valence-electron chi connectivity index (χ3n) is 2.71. The van der Waals surface area contributed by atoms with Gasteiger partial charge in [0.15, 0.2) is 0 Å². The van der Waals surface area contributed by atoms with E-state index >= 15 is 0 Å². The van der Waals surface area contributed by atoms with Crippen molar-refractivity contribution in [3.05, 3.63) is 33.8 Å². The molecule has 0 saturated heterocycles. The topological polar surface area (TPSA) is 24.9 Å². The van der Waals surface area contributed by atoms with Gasteiger partial charge in [0.05, 0.1) is 15.6 Å². The first kappa shape index (κ1) is 12.5. The molecule has 1 aromatic carbocycles. The van der Waals surface area contributed by atoms with Crippen LogP contribution in [0, 0.1) is 0 Å². The molecule has 17 heavy (non-hydrogen) atoms. The summed E-state index contributed by atoms with van der Waals surface area (Å²) < 4.78 is 0. The highest BCUT2D eigenvalue weighted by atomic mass is 35.5. The van der Waals surface area contributed by atoms with Crippen LogP contribution in [0.5, 0.6) is 0 Å². The largest absolute Gasteiger partial charge is 0.373 e. The van der Waals surface area contributed by atoms with Crippen LogP contribution in [0.15, 0.2) is 18.2 Å². The van der Waals surface area contributed by atoms with Crippen LogP contribution in [0.2, 0.25) is 10.0 Å². The zero-order chi connectivity index (χ0) is 12.4. The molecule has 2 nitrogen and oxygen atoms in total. The molecule has 4 heteroatoms. The van der Waals surface area contributed by atoms with E-state index in [1.165, 1.54) is 5.56 Å². The molecular weight excluding hydrogens is 255 g/mol. The van der Waals surface area contributed by atoms with Crippen LogP contribution in [0.25, 0.3) is 10.9 Å². The maximum atomic E-state index is 6.16. The molecule has 0 aliphatic rings. The standard InChI is InChI=1S/C13H14Cl2N2/c1-3-4-9-7-8-5-6-10(14)11(15)12(8)17-13(9)16-2/h5-7H,3-4H2,1-2H3,(H,16,17). The third kappa shape index (κ3) is 2.33. The predicted octanol–water partition coefficient (Wildman–Crippen LogP) is 4.54. The van der Waals surface area contributed by atoms with Gasteiger partial charge in [-0.25, -0.2) is 4.98 Å². The summed E-state index contributed by atoms with van der Waals surface area (Å²) in [4.78, 5) is 4.55. The molecule has 1 N–H and O–H groups in total. The summed E-state index contributed by atoms with van der Waals surface area (Å²) in [6.45, 7) is 2.15. The van der Waals surface area contributed by atoms with Crippen LogP contribution < -0.4 is 5.32 Å². The fourth-order valence-corrected chi connectivity index (χ4v) is 2.27. The first-order valence-electron chi connectivity index (χ1n) is 5.62. The molecule has 0 atom stereocenters. The lowest BCUT2D eigenvalue weighted by molar-refractivity contribution is 0.919. The molecule has 0 saturated carbocycles. The number of nitrogens with zero attached hydrogens (tertiary/aromatic N) is 1. The average molecular weight is 269 g/mol. The average Bonchev–Trinajstić information content (AvgIpc) is 2.34. The number of anilines is 1. The first-order chi connectivity index (χ1) is 8.17. The number of hydrogen-bond acceptors (Lipinski definition) is 2. The molecule has 2 rings (SSSR count). The van der Waals surface area contributed by atoms with Crippen LogP contribution >= 0.6 is 23.2 Å². The van der Waals surface area contributed by atoms with E-state index in [0.29, 0.717) is 10.0 Å². The van der Waals surface area contributed by atoms with E-state index in [0.717, 1.165) is 29.6 Å². The number of nitrogens with one attached hydrogen (secondary N) is 1. The van der Waals surface area contributed by atoms with Crippen molar-refractivity contribution in [3.63, 3.8) is 0 Å². The maximum absolute atomic E-state index is 6.16. The number of rotatable bonds is 3. The second kappa shape index (κ2) is 5.11. The van der Waals surface area contributed by atoms with Gasteiger partial charge in [-0.2, -0.15) is 0 Å². The Balaban J connectivity index is 2.69. The zero-order valence-corrected chi connectivity index (χ0v) is 11.4. The summed E-state index contributed by atoms with van der Waals surface area (Å²) in [6, 6.07) is 5.89. The van der Waals surface area contributed by atoms with Gasteiger partial charge in [0.1, 0.15) is 5.82 Å². The molecule has 1 aromatic heterocycles. The summed E-state index contributed by atoms with van der Waals surface area (Å²) in [5.74, 6) is 0.878. The summed E-state index contributed by atoms with van der Waals surface area (Å²) in [5, 5.41) is 5.19. The number of halogens is 2. The molecule has 90 valence electrons. The Hall–Kier alpha value is -0.990. The molecule has 0 fully saturated rings. The van der Waals surface area contributed by atoms with Crippen LogP contribution in [-0.2, 0) is 6.42 Å². The second-order valence-corrected chi connectivity index (χ2v) is 4.71. The molecule has 0 spiro atoms. The smallest absolute Gasteiger partial charge is 0.129 e. The normalized spacial score (nSPS) is 10.8. The Bertz CT molecular complexity index is 553. The number of hydrogen-bond donors (Lipinski definition) is 1. The molecule has 0 bridgehead atoms. The SMILES string of the molecule is CCCc1cc2ccc(Cl)c(Cl)c2nc1NC. The lowest BCUT2D eigenvalue weighted by atomic mass is 10.1. The van der Waals surface area contributed by atoms with Gasteiger partial charge in [-0.15, -0.1) is 0 Å². The lowest BCUT2D eigenvalue weighted by Gasteiger charge is -2.10. The van der Waals surface area contributed by atoms with Crippen molar-refractivity contribution in [2.45, 2.75) is 19.8 Å². The van der Waals surface area contributed by atoms with Crippen molar-refractivity contribution in [2.24, 2.45) is 0 Å². The highest BCUT2D eigenvalue weighted by Gasteiger charge is 2.09. The number of pyridine rings is 1. The number of fused-ring (bicyclic) bond motifs is 1. The Kier molecular flexibility index (Phi) is 3.75.